The number of halogens is 2. The normalized spacial score (nSPS) is 12.6. The van der Waals surface area contributed by atoms with Gasteiger partial charge in [-0.25, -0.2) is 8.78 Å². The van der Waals surface area contributed by atoms with E-state index in [2.05, 4.69) is 0 Å². The lowest BCUT2D eigenvalue weighted by Gasteiger charge is -2.25. The maximum atomic E-state index is 13.8. The molecule has 0 heterocycles. The van der Waals surface area contributed by atoms with E-state index >= 15 is 0 Å². The van der Waals surface area contributed by atoms with Gasteiger partial charge in [-0.15, -0.1) is 0 Å². The van der Waals surface area contributed by atoms with Gasteiger partial charge >= 0.3 is 0 Å². The average Bonchev–Trinajstić information content (AvgIpc) is 2.51. The molecule has 2 aromatic carbocycles. The zero-order valence-electron chi connectivity index (χ0n) is 12.7. The highest BCUT2D eigenvalue weighted by Gasteiger charge is 2.14. The lowest BCUT2D eigenvalue weighted by Crippen LogP contribution is -2.31. The van der Waals surface area contributed by atoms with Crippen molar-refractivity contribution >= 4 is 0 Å². The molecule has 0 bridgehead atoms. The van der Waals surface area contributed by atoms with E-state index in [4.69, 9.17) is 0 Å². The molecular formula is C18H21F2NO. The number of rotatable bonds is 7. The van der Waals surface area contributed by atoms with Gasteiger partial charge < -0.3 is 5.11 Å². The number of aliphatic hydroxyl groups excluding tert-OH is 1. The minimum absolute atomic E-state index is 0.331. The molecule has 2 nitrogen and oxygen atoms in total. The van der Waals surface area contributed by atoms with Crippen LogP contribution in [0.5, 0.6) is 0 Å². The molecule has 0 spiro atoms. The summed E-state index contributed by atoms with van der Waals surface area (Å²) < 4.78 is 26.8. The smallest absolute Gasteiger partial charge is 0.130 e. The second-order valence-corrected chi connectivity index (χ2v) is 5.45. The van der Waals surface area contributed by atoms with Crippen LogP contribution in [0, 0.1) is 11.6 Å². The summed E-state index contributed by atoms with van der Waals surface area (Å²) >= 11 is 0. The molecule has 1 atom stereocenters. The van der Waals surface area contributed by atoms with E-state index in [0.29, 0.717) is 31.6 Å². The summed E-state index contributed by atoms with van der Waals surface area (Å²) in [6.45, 7) is 3.29. The van der Waals surface area contributed by atoms with Gasteiger partial charge in [0.1, 0.15) is 11.6 Å². The molecule has 118 valence electrons. The summed E-state index contributed by atoms with van der Waals surface area (Å²) in [4.78, 5) is 1.97. The van der Waals surface area contributed by atoms with Gasteiger partial charge in [0, 0.05) is 31.3 Å². The summed E-state index contributed by atoms with van der Waals surface area (Å²) in [5.41, 5.74) is 1.52. The quantitative estimate of drug-likeness (QED) is 0.842. The Balaban J connectivity index is 2.13. The van der Waals surface area contributed by atoms with Crippen molar-refractivity contribution in [2.75, 3.05) is 6.54 Å². The highest BCUT2D eigenvalue weighted by Crippen LogP contribution is 2.15. The first-order chi connectivity index (χ1) is 10.6. The Labute approximate surface area is 130 Å². The van der Waals surface area contributed by atoms with E-state index in [0.717, 1.165) is 11.6 Å². The number of nitrogens with zero attached hydrogens (tertiary/aromatic N) is 1. The van der Waals surface area contributed by atoms with Crippen molar-refractivity contribution in [2.24, 2.45) is 0 Å². The molecule has 0 aliphatic carbocycles. The van der Waals surface area contributed by atoms with Crippen LogP contribution in [0.25, 0.3) is 0 Å². The predicted molar refractivity (Wildman–Crippen MR) is 83.2 cm³/mol. The van der Waals surface area contributed by atoms with Crippen LogP contribution in [0.2, 0.25) is 0 Å². The largest absolute Gasteiger partial charge is 0.392 e. The van der Waals surface area contributed by atoms with Crippen molar-refractivity contribution in [1.82, 2.24) is 4.90 Å². The zero-order valence-corrected chi connectivity index (χ0v) is 12.7. The van der Waals surface area contributed by atoms with Crippen LogP contribution in [0.1, 0.15) is 24.5 Å². The molecule has 0 amide bonds. The molecule has 0 fully saturated rings. The Morgan fingerprint density at radius 1 is 1.05 bits per heavy atom. The van der Waals surface area contributed by atoms with E-state index < -0.39 is 17.7 Å². The minimum Gasteiger partial charge on any atom is -0.392 e. The molecular weight excluding hydrogens is 284 g/mol. The molecule has 0 unspecified atom stereocenters. The van der Waals surface area contributed by atoms with Gasteiger partial charge in [0.05, 0.1) is 6.10 Å². The van der Waals surface area contributed by atoms with Crippen molar-refractivity contribution in [1.29, 1.82) is 0 Å². The van der Waals surface area contributed by atoms with E-state index in [1.807, 2.05) is 42.2 Å². The third-order valence-electron chi connectivity index (χ3n) is 3.60. The van der Waals surface area contributed by atoms with Crippen molar-refractivity contribution in [3.05, 3.63) is 71.3 Å². The maximum Gasteiger partial charge on any atom is 0.130 e. The first-order valence-electron chi connectivity index (χ1n) is 7.46. The molecule has 1 N–H and O–H groups in total. The molecule has 0 aliphatic heterocycles. The van der Waals surface area contributed by atoms with E-state index in [9.17, 15) is 13.9 Å². The second-order valence-electron chi connectivity index (χ2n) is 5.45. The van der Waals surface area contributed by atoms with Crippen molar-refractivity contribution in [3.63, 3.8) is 0 Å². The van der Waals surface area contributed by atoms with Gasteiger partial charge in [0.2, 0.25) is 0 Å². The number of hydrogen-bond acceptors (Lipinski definition) is 2. The second kappa shape index (κ2) is 8.01. The van der Waals surface area contributed by atoms with E-state index in [1.165, 1.54) is 12.1 Å². The summed E-state index contributed by atoms with van der Waals surface area (Å²) in [5.74, 6) is -1.13. The summed E-state index contributed by atoms with van der Waals surface area (Å²) in [7, 11) is 0. The molecule has 22 heavy (non-hydrogen) atoms. The molecule has 0 aromatic heterocycles. The lowest BCUT2D eigenvalue weighted by atomic mass is 10.1. The van der Waals surface area contributed by atoms with Gasteiger partial charge in [0.15, 0.2) is 0 Å². The highest BCUT2D eigenvalue weighted by molar-refractivity contribution is 5.19. The van der Waals surface area contributed by atoms with Gasteiger partial charge in [0.25, 0.3) is 0 Å². The molecule has 0 radical (unpaired) electrons. The van der Waals surface area contributed by atoms with Crippen LogP contribution < -0.4 is 0 Å². The van der Waals surface area contributed by atoms with Gasteiger partial charge in [-0.3, -0.25) is 4.90 Å². The van der Waals surface area contributed by atoms with Crippen molar-refractivity contribution < 1.29 is 13.9 Å². The van der Waals surface area contributed by atoms with E-state index in [-0.39, 0.29) is 0 Å². The minimum atomic E-state index is -0.579. The van der Waals surface area contributed by atoms with Crippen LogP contribution in [0.3, 0.4) is 0 Å². The Kier molecular flexibility index (Phi) is 6.04. The fraction of sp³-hybridized carbons (Fsp3) is 0.333. The third kappa shape index (κ3) is 4.90. The predicted octanol–water partition coefficient (Wildman–Crippen LogP) is 3.74. The Morgan fingerprint density at radius 2 is 1.77 bits per heavy atom. The zero-order chi connectivity index (χ0) is 15.9. The number of hydrogen-bond donors (Lipinski definition) is 1. The summed E-state index contributed by atoms with van der Waals surface area (Å²) in [6.07, 6.45) is 0.171. The number of aliphatic hydroxyl groups is 1. The van der Waals surface area contributed by atoms with Gasteiger partial charge in [-0.05, 0) is 18.1 Å². The molecule has 0 saturated carbocycles. The van der Waals surface area contributed by atoms with Gasteiger partial charge in [-0.2, -0.15) is 0 Å². The molecule has 2 rings (SSSR count). The van der Waals surface area contributed by atoms with Crippen LogP contribution >= 0.6 is 0 Å². The first-order valence-corrected chi connectivity index (χ1v) is 7.46. The highest BCUT2D eigenvalue weighted by atomic mass is 19.1. The third-order valence-corrected chi connectivity index (χ3v) is 3.60. The molecule has 0 aliphatic rings. The SMILES string of the molecule is CC[C@@H](O)CN(Cc1ccccc1)Cc1ccc(F)cc1F. The summed E-state index contributed by atoms with van der Waals surface area (Å²) in [5, 5.41) is 9.90. The van der Waals surface area contributed by atoms with Crippen molar-refractivity contribution in [2.45, 2.75) is 32.5 Å². The van der Waals surface area contributed by atoms with Crippen LogP contribution in [0.4, 0.5) is 8.78 Å². The Hall–Kier alpha value is -1.78. The Bertz CT molecular complexity index is 589. The molecule has 4 heteroatoms. The standard InChI is InChI=1S/C18H21F2NO/c1-2-17(22)13-21(11-14-6-4-3-5-7-14)12-15-8-9-16(19)10-18(15)20/h3-10,17,22H,2,11-13H2,1H3/t17-/m1/s1. The fourth-order valence-corrected chi connectivity index (χ4v) is 2.34. The van der Waals surface area contributed by atoms with Gasteiger partial charge in [-0.1, -0.05) is 43.3 Å². The number of benzene rings is 2. The summed E-state index contributed by atoms with van der Waals surface area (Å²) in [6, 6.07) is 13.4. The van der Waals surface area contributed by atoms with Crippen LogP contribution in [-0.4, -0.2) is 22.7 Å². The van der Waals surface area contributed by atoms with Crippen LogP contribution in [0.15, 0.2) is 48.5 Å². The van der Waals surface area contributed by atoms with E-state index in [1.54, 1.807) is 0 Å². The lowest BCUT2D eigenvalue weighted by molar-refractivity contribution is 0.101. The molecule has 0 saturated heterocycles. The van der Waals surface area contributed by atoms with Crippen LogP contribution in [-0.2, 0) is 13.1 Å². The maximum absolute atomic E-state index is 13.8. The topological polar surface area (TPSA) is 23.5 Å². The molecule has 2 aromatic rings. The van der Waals surface area contributed by atoms with Crippen molar-refractivity contribution in [3.8, 4) is 0 Å². The average molecular weight is 305 g/mol. The Morgan fingerprint density at radius 3 is 2.41 bits per heavy atom. The monoisotopic (exact) mass is 305 g/mol. The first kappa shape index (κ1) is 16.6. The fourth-order valence-electron chi connectivity index (χ4n) is 2.34.